The first kappa shape index (κ1) is 15.6. The van der Waals surface area contributed by atoms with E-state index in [9.17, 15) is 9.59 Å². The molecule has 0 saturated carbocycles. The minimum absolute atomic E-state index is 0.181. The van der Waals surface area contributed by atoms with Gasteiger partial charge in [0.15, 0.2) is 5.37 Å². The predicted molar refractivity (Wildman–Crippen MR) is 94.9 cm³/mol. The van der Waals surface area contributed by atoms with Crippen molar-refractivity contribution >= 4 is 34.3 Å². The molecular weight excluding hydrogens is 308 g/mol. The third kappa shape index (κ3) is 2.84. The third-order valence-electron chi connectivity index (χ3n) is 3.89. The molecule has 0 aromatic heterocycles. The van der Waals surface area contributed by atoms with Crippen LogP contribution in [-0.2, 0) is 4.79 Å². The second kappa shape index (κ2) is 6.46. The van der Waals surface area contributed by atoms with Gasteiger partial charge >= 0.3 is 0 Å². The van der Waals surface area contributed by atoms with Crippen molar-refractivity contribution in [3.8, 4) is 0 Å². The number of hydrogen-bond acceptors (Lipinski definition) is 4. The average Bonchev–Trinajstić information content (AvgIpc) is 2.85. The second-order valence-electron chi connectivity index (χ2n) is 5.32. The highest BCUT2D eigenvalue weighted by Crippen LogP contribution is 2.36. The number of amides is 2. The van der Waals surface area contributed by atoms with Crippen LogP contribution in [0.1, 0.15) is 12.5 Å². The molecule has 5 heteroatoms. The summed E-state index contributed by atoms with van der Waals surface area (Å²) in [4.78, 5) is 28.6. The molecule has 0 unspecified atom stereocenters. The maximum atomic E-state index is 12.9. The maximum Gasteiger partial charge on any atom is 0.295 e. The molecule has 2 aromatic rings. The van der Waals surface area contributed by atoms with E-state index in [0.29, 0.717) is 12.2 Å². The third-order valence-corrected chi connectivity index (χ3v) is 4.96. The summed E-state index contributed by atoms with van der Waals surface area (Å²) in [6.07, 6.45) is 0. The molecule has 0 radical (unpaired) electrons. The van der Waals surface area contributed by atoms with Gasteiger partial charge in [-0.15, -0.1) is 0 Å². The first-order valence-electron chi connectivity index (χ1n) is 7.55. The molecule has 1 aliphatic rings. The summed E-state index contributed by atoms with van der Waals surface area (Å²) in [6, 6.07) is 17.2. The Kier molecular flexibility index (Phi) is 4.39. The molecule has 0 spiro atoms. The molecule has 1 saturated heterocycles. The van der Waals surface area contributed by atoms with Crippen molar-refractivity contribution in [1.29, 1.82) is 0 Å². The van der Waals surface area contributed by atoms with Crippen molar-refractivity contribution in [2.45, 2.75) is 19.2 Å². The fourth-order valence-electron chi connectivity index (χ4n) is 2.73. The van der Waals surface area contributed by atoms with E-state index in [4.69, 9.17) is 0 Å². The number of benzene rings is 2. The molecule has 4 nitrogen and oxygen atoms in total. The molecule has 1 fully saturated rings. The zero-order valence-corrected chi connectivity index (χ0v) is 13.9. The van der Waals surface area contributed by atoms with Gasteiger partial charge < -0.3 is 4.90 Å². The Morgan fingerprint density at radius 2 is 1.70 bits per heavy atom. The van der Waals surface area contributed by atoms with E-state index in [1.807, 2.05) is 73.3 Å². The van der Waals surface area contributed by atoms with Crippen molar-refractivity contribution in [3.63, 3.8) is 0 Å². The van der Waals surface area contributed by atoms with E-state index in [1.54, 1.807) is 0 Å². The minimum atomic E-state index is -0.519. The van der Waals surface area contributed by atoms with Crippen LogP contribution in [0, 0.1) is 6.92 Å². The van der Waals surface area contributed by atoms with Crippen molar-refractivity contribution in [2.24, 2.45) is 0 Å². The van der Waals surface area contributed by atoms with Crippen LogP contribution < -0.4 is 9.80 Å². The van der Waals surface area contributed by atoms with E-state index in [2.05, 4.69) is 0 Å². The van der Waals surface area contributed by atoms with Gasteiger partial charge in [-0.1, -0.05) is 36.4 Å². The number of rotatable bonds is 4. The highest BCUT2D eigenvalue weighted by atomic mass is 32.2. The lowest BCUT2D eigenvalue weighted by atomic mass is 10.2. The molecule has 1 aliphatic heterocycles. The largest absolute Gasteiger partial charge is 0.351 e. The Bertz CT molecular complexity index is 733. The molecule has 2 aromatic carbocycles. The van der Waals surface area contributed by atoms with Crippen LogP contribution in [0.4, 0.5) is 16.2 Å². The maximum absolute atomic E-state index is 12.9. The van der Waals surface area contributed by atoms with Gasteiger partial charge in [0.1, 0.15) is 0 Å². The first-order chi connectivity index (χ1) is 11.1. The zero-order valence-electron chi connectivity index (χ0n) is 13.1. The molecular formula is C18H18N2O2S. The Morgan fingerprint density at radius 3 is 2.35 bits per heavy atom. The molecule has 118 valence electrons. The summed E-state index contributed by atoms with van der Waals surface area (Å²) in [5.74, 6) is -0.181. The van der Waals surface area contributed by atoms with Crippen LogP contribution >= 0.6 is 11.8 Å². The van der Waals surface area contributed by atoms with Gasteiger partial charge in [0.2, 0.25) is 0 Å². The van der Waals surface area contributed by atoms with Gasteiger partial charge in [0.25, 0.3) is 11.1 Å². The monoisotopic (exact) mass is 326 g/mol. The van der Waals surface area contributed by atoms with Crippen LogP contribution in [0.3, 0.4) is 0 Å². The number of hydrogen-bond donors (Lipinski definition) is 0. The van der Waals surface area contributed by atoms with Crippen LogP contribution in [0.15, 0.2) is 54.6 Å². The van der Waals surface area contributed by atoms with E-state index in [0.717, 1.165) is 23.0 Å². The quantitative estimate of drug-likeness (QED) is 0.850. The summed E-state index contributed by atoms with van der Waals surface area (Å²) in [6.45, 7) is 4.55. The fourth-order valence-corrected chi connectivity index (χ4v) is 3.82. The zero-order chi connectivity index (χ0) is 16.4. The molecule has 23 heavy (non-hydrogen) atoms. The molecule has 1 heterocycles. The number of likely N-dealkylation sites (N-methyl/N-ethyl adjacent to an activating group) is 1. The highest BCUT2D eigenvalue weighted by Gasteiger charge is 2.44. The van der Waals surface area contributed by atoms with Crippen molar-refractivity contribution in [3.05, 3.63) is 60.2 Å². The number of aryl methyl sites for hydroxylation is 1. The number of para-hydroxylation sites is 2. The van der Waals surface area contributed by atoms with E-state index in [-0.39, 0.29) is 11.1 Å². The number of carbonyl (C=O) groups excluding carboxylic acids is 2. The van der Waals surface area contributed by atoms with Crippen molar-refractivity contribution in [1.82, 2.24) is 0 Å². The average molecular weight is 326 g/mol. The molecule has 0 bridgehead atoms. The molecule has 0 aliphatic carbocycles. The van der Waals surface area contributed by atoms with E-state index >= 15 is 0 Å². The lowest BCUT2D eigenvalue weighted by Crippen LogP contribution is -2.41. The van der Waals surface area contributed by atoms with Crippen molar-refractivity contribution < 1.29 is 9.59 Å². The lowest BCUT2D eigenvalue weighted by molar-refractivity contribution is -0.117. The standard InChI is InChI=1S/C18H18N2O2S/c1-3-19(14-10-5-4-6-11-14)17-16(21)20(18(22)23-17)15-12-8-7-9-13(15)2/h4-12,17H,3H2,1-2H3/t17-/m0/s1. The normalized spacial score (nSPS) is 17.7. The van der Waals surface area contributed by atoms with Crippen molar-refractivity contribution in [2.75, 3.05) is 16.3 Å². The number of anilines is 2. The SMILES string of the molecule is CCN(c1ccccc1)[C@H]1SC(=O)N(c2ccccc2C)C1=O. The number of nitrogens with zero attached hydrogens (tertiary/aromatic N) is 2. The molecule has 3 rings (SSSR count). The van der Waals surface area contributed by atoms with Gasteiger partial charge in [-0.2, -0.15) is 0 Å². The second-order valence-corrected chi connectivity index (χ2v) is 6.35. The lowest BCUT2D eigenvalue weighted by Gasteiger charge is -2.27. The smallest absolute Gasteiger partial charge is 0.295 e. The summed E-state index contributed by atoms with van der Waals surface area (Å²) < 4.78 is 0. The van der Waals surface area contributed by atoms with Crippen LogP contribution in [0.2, 0.25) is 0 Å². The molecule has 1 atom stereocenters. The number of imide groups is 1. The summed E-state index contributed by atoms with van der Waals surface area (Å²) in [7, 11) is 0. The van der Waals surface area contributed by atoms with Gasteiger partial charge in [0, 0.05) is 12.2 Å². The Hall–Kier alpha value is -2.27. The van der Waals surface area contributed by atoms with Crippen LogP contribution in [-0.4, -0.2) is 23.1 Å². The van der Waals surface area contributed by atoms with Gasteiger partial charge in [-0.3, -0.25) is 9.59 Å². The summed E-state index contributed by atoms with van der Waals surface area (Å²) in [5, 5.41) is -0.738. The first-order valence-corrected chi connectivity index (χ1v) is 8.43. The molecule has 0 N–H and O–H groups in total. The van der Waals surface area contributed by atoms with Gasteiger partial charge in [-0.25, -0.2) is 4.90 Å². The topological polar surface area (TPSA) is 40.6 Å². The summed E-state index contributed by atoms with van der Waals surface area (Å²) in [5.41, 5.74) is 2.53. The number of carbonyl (C=O) groups is 2. The Morgan fingerprint density at radius 1 is 1.04 bits per heavy atom. The van der Waals surface area contributed by atoms with Gasteiger partial charge in [0.05, 0.1) is 5.69 Å². The summed E-state index contributed by atoms with van der Waals surface area (Å²) >= 11 is 1.08. The Labute approximate surface area is 140 Å². The molecule has 2 amide bonds. The van der Waals surface area contributed by atoms with Crippen LogP contribution in [0.5, 0.6) is 0 Å². The minimum Gasteiger partial charge on any atom is -0.351 e. The van der Waals surface area contributed by atoms with E-state index < -0.39 is 5.37 Å². The Balaban J connectivity index is 1.93. The highest BCUT2D eigenvalue weighted by molar-refractivity contribution is 8.16. The fraction of sp³-hybridized carbons (Fsp3) is 0.222. The predicted octanol–water partition coefficient (Wildman–Crippen LogP) is 4.05. The number of thioether (sulfide) groups is 1. The van der Waals surface area contributed by atoms with E-state index in [1.165, 1.54) is 4.90 Å². The van der Waals surface area contributed by atoms with Crippen LogP contribution in [0.25, 0.3) is 0 Å². The van der Waals surface area contributed by atoms with Gasteiger partial charge in [-0.05, 0) is 49.4 Å².